The highest BCUT2D eigenvalue weighted by Gasteiger charge is -0.0775. The molecule has 0 aromatic rings. The molecular weight excluding hydrogens is 93.1 g/mol. The van der Waals surface area contributed by atoms with Crippen molar-refractivity contribution in [2.75, 3.05) is 0 Å². The van der Waals surface area contributed by atoms with Gasteiger partial charge in [-0.1, -0.05) is 7.43 Å². The van der Waals surface area contributed by atoms with Gasteiger partial charge in [-0.05, 0) is 0 Å². The van der Waals surface area contributed by atoms with Crippen LogP contribution >= 0.6 is 13.5 Å². The summed E-state index contributed by atoms with van der Waals surface area (Å²) in [5, 5.41) is 0. The summed E-state index contributed by atoms with van der Waals surface area (Å²) in [5.74, 6) is 0. The summed E-state index contributed by atoms with van der Waals surface area (Å²) < 4.78 is 0. The normalized spacial score (nSPS) is 0. The van der Waals surface area contributed by atoms with Crippen LogP contribution in [-0.4, -0.2) is 5.48 Å². The highest BCUT2D eigenvalue weighted by Crippen LogP contribution is 0.648. The molecule has 0 aliphatic rings. The molecule has 0 saturated carbocycles. The van der Waals surface area contributed by atoms with Gasteiger partial charge in [0, 0.05) is 0 Å². The fourth-order valence-corrected chi connectivity index (χ4v) is 0. The monoisotopic (exact) mass is 105 g/mol. The maximum Gasteiger partial charge on any atom is -0.0776 e. The second-order valence-electron chi connectivity index (χ2n) is 0. The second kappa shape index (κ2) is 1080. The Morgan fingerprint density at radius 3 is 1.00 bits per heavy atom. The van der Waals surface area contributed by atoms with Crippen LogP contribution in [0.3, 0.4) is 0 Å². The van der Waals surface area contributed by atoms with Crippen LogP contribution in [0.4, 0.5) is 4.70 Å². The highest BCUT2D eigenvalue weighted by atomic mass is 32.1. The van der Waals surface area contributed by atoms with Crippen molar-refractivity contribution in [1.82, 2.24) is 6.15 Å². The highest BCUT2D eigenvalue weighted by molar-refractivity contribution is 7.59. The van der Waals surface area contributed by atoms with Gasteiger partial charge in [0.2, 0.25) is 0 Å². The van der Waals surface area contributed by atoms with Crippen LogP contribution < -0.4 is 6.15 Å². The summed E-state index contributed by atoms with van der Waals surface area (Å²) in [6, 6.07) is 0. The number of hydrogen-bond acceptors (Lipinski definition) is 1. The largest absolute Gasteiger partial charge is 0.412 e. The maximum absolute atomic E-state index is 0. The first-order valence-corrected chi connectivity index (χ1v) is 0. The molecule has 0 saturated heterocycles. The molecule has 0 aromatic carbocycles. The minimum absolute atomic E-state index is 0. The quantitative estimate of drug-likeness (QED) is 0.471. The van der Waals surface area contributed by atoms with E-state index in [-0.39, 0.29) is 37.3 Å². The summed E-state index contributed by atoms with van der Waals surface area (Å²) >= 11 is 0. The Balaban J connectivity index is 0. The first-order chi connectivity index (χ1) is 0. The van der Waals surface area contributed by atoms with Crippen molar-refractivity contribution in [3.8, 4) is 0 Å². The fourth-order valence-electron chi connectivity index (χ4n) is 0. The van der Waals surface area contributed by atoms with E-state index in [1.165, 1.54) is 0 Å². The Morgan fingerprint density at radius 1 is 1.00 bits per heavy atom. The van der Waals surface area contributed by atoms with Crippen molar-refractivity contribution in [2.24, 2.45) is 0 Å². The molecule has 0 amide bonds. The third-order valence-electron chi connectivity index (χ3n) is 0. The Kier molecular flexibility index (Phi) is 493000. The molecule has 5 N–H and O–H groups in total. The lowest BCUT2D eigenvalue weighted by molar-refractivity contribution is 0.824. The standard InChI is InChI=1S/CH4.FH.H3N.H2O.H2S/h1H4;1H;1H3;2*1H2. The molecule has 5 heavy (non-hydrogen) atoms. The van der Waals surface area contributed by atoms with E-state index < -0.39 is 0 Å². The SMILES string of the molecule is C.F.N.O.S. The van der Waals surface area contributed by atoms with Crippen LogP contribution in [0.15, 0.2) is 0 Å². The summed E-state index contributed by atoms with van der Waals surface area (Å²) in [7, 11) is 0. The average molecular weight is 105 g/mol. The molecule has 0 unspecified atom stereocenters. The molecule has 0 aromatic heterocycles. The van der Waals surface area contributed by atoms with E-state index in [4.69, 9.17) is 0 Å². The van der Waals surface area contributed by atoms with Crippen LogP contribution in [-0.2, 0) is 0 Å². The summed E-state index contributed by atoms with van der Waals surface area (Å²) in [6.45, 7) is 0. The van der Waals surface area contributed by atoms with Crippen LogP contribution in [0.1, 0.15) is 7.43 Å². The fraction of sp³-hybridized carbons (Fsp3) is 1.00. The lowest BCUT2D eigenvalue weighted by Crippen LogP contribution is -0.481. The molecule has 0 fully saturated rings. The van der Waals surface area contributed by atoms with Gasteiger partial charge in [0.15, 0.2) is 0 Å². The van der Waals surface area contributed by atoms with Gasteiger partial charge in [0.05, 0.1) is 0 Å². The molecule has 0 radical (unpaired) electrons. The Labute approximate surface area is 38.3 Å². The van der Waals surface area contributed by atoms with E-state index in [9.17, 15) is 0 Å². The molecule has 0 spiro atoms. The lowest BCUT2D eigenvalue weighted by Gasteiger charge is -0.412. The van der Waals surface area contributed by atoms with Crippen LogP contribution in [0, 0.1) is 0 Å². The molecule has 4 heteroatoms. The van der Waals surface area contributed by atoms with E-state index in [2.05, 4.69) is 0 Å². The Bertz CT molecular complexity index is 11.6. The topological polar surface area (TPSA) is 66.5 Å². The zero-order chi connectivity index (χ0) is 0. The van der Waals surface area contributed by atoms with E-state index in [1.807, 2.05) is 0 Å². The van der Waals surface area contributed by atoms with Gasteiger partial charge in [-0.2, -0.15) is 13.5 Å². The lowest BCUT2D eigenvalue weighted by atomic mass is 12.0. The second-order valence-corrected chi connectivity index (χ2v) is 0. The zero-order valence-corrected chi connectivity index (χ0v) is 3.12. The van der Waals surface area contributed by atoms with Crippen molar-refractivity contribution in [3.05, 3.63) is 0 Å². The van der Waals surface area contributed by atoms with Crippen LogP contribution in [0.5, 0.6) is 0 Å². The summed E-state index contributed by atoms with van der Waals surface area (Å²) in [4.78, 5) is 0. The molecule has 0 rings (SSSR count). The Hall–Kier alpha value is 0.200. The third-order valence-corrected chi connectivity index (χ3v) is 0. The molecule has 2 nitrogen and oxygen atoms in total. The van der Waals surface area contributed by atoms with Gasteiger partial charge in [-0.3, -0.25) is 4.70 Å². The van der Waals surface area contributed by atoms with E-state index in [0.29, 0.717) is 0 Å². The first kappa shape index (κ1) is 2290. The number of hydrogen-bond donors (Lipinski definition) is 1. The smallest absolute Gasteiger partial charge is 0.0776 e. The molecule has 0 bridgehead atoms. The van der Waals surface area contributed by atoms with Gasteiger partial charge in [0.25, 0.3) is 0 Å². The van der Waals surface area contributed by atoms with Gasteiger partial charge in [-0.25, -0.2) is 0 Å². The van der Waals surface area contributed by atoms with Crippen molar-refractivity contribution < 1.29 is 10.2 Å². The van der Waals surface area contributed by atoms with Gasteiger partial charge in [-0.15, -0.1) is 0 Å². The van der Waals surface area contributed by atoms with E-state index >= 15 is 0 Å². The van der Waals surface area contributed by atoms with Crippen LogP contribution in [0.25, 0.3) is 0 Å². The van der Waals surface area contributed by atoms with Gasteiger partial charge in [0.1, 0.15) is 0 Å². The maximum atomic E-state index is 0. The van der Waals surface area contributed by atoms with E-state index in [0.717, 1.165) is 0 Å². The van der Waals surface area contributed by atoms with Crippen molar-refractivity contribution in [1.29, 1.82) is 0 Å². The first-order valence-electron chi connectivity index (χ1n) is 0. The zero-order valence-electron chi connectivity index (χ0n) is 2.12. The molecular formula is CH12FNOS. The summed E-state index contributed by atoms with van der Waals surface area (Å²) in [5.41, 5.74) is 0. The average Bonchev–Trinajstić information content (AvgIpc) is 0. The van der Waals surface area contributed by atoms with Crippen molar-refractivity contribution in [2.45, 2.75) is 7.43 Å². The van der Waals surface area contributed by atoms with Crippen molar-refractivity contribution in [3.63, 3.8) is 0 Å². The summed E-state index contributed by atoms with van der Waals surface area (Å²) in [6.07, 6.45) is 0. The Morgan fingerprint density at radius 2 is 1.00 bits per heavy atom. The van der Waals surface area contributed by atoms with Gasteiger partial charge >= 0.3 is 0 Å². The molecule has 0 aliphatic carbocycles. The predicted octanol–water partition coefficient (Wildman–Crippen LogP) is 0.239. The number of rotatable bonds is 0. The predicted molar refractivity (Wildman–Crippen MR) is 28.3 cm³/mol. The van der Waals surface area contributed by atoms with E-state index in [1.54, 1.807) is 0 Å². The van der Waals surface area contributed by atoms with Crippen LogP contribution in [0.2, 0.25) is 0 Å². The molecule has 40 valence electrons. The molecule has 0 aliphatic heterocycles. The van der Waals surface area contributed by atoms with Gasteiger partial charge < -0.3 is 11.6 Å². The minimum atomic E-state index is 0. The minimum Gasteiger partial charge on any atom is -0.412 e. The number of halogens is 1. The van der Waals surface area contributed by atoms with Crippen molar-refractivity contribution >= 4 is 13.5 Å². The molecule has 0 atom stereocenters. The molecule has 0 heterocycles. The third kappa shape index (κ3) is 508.